The predicted molar refractivity (Wildman–Crippen MR) is 112 cm³/mol. The highest BCUT2D eigenvalue weighted by Gasteiger charge is 2.27. The molecule has 1 saturated heterocycles. The molecule has 2 N–H and O–H groups in total. The lowest BCUT2D eigenvalue weighted by atomic mass is 9.91. The number of pyridine rings is 1. The van der Waals surface area contributed by atoms with Crippen molar-refractivity contribution >= 4 is 28.1 Å². The molecule has 146 valence electrons. The van der Waals surface area contributed by atoms with Crippen molar-refractivity contribution in [2.75, 3.05) is 25.0 Å². The zero-order chi connectivity index (χ0) is 19.5. The summed E-state index contributed by atoms with van der Waals surface area (Å²) in [4.78, 5) is 10.2. The molecule has 7 nitrogen and oxygen atoms in total. The Balaban J connectivity index is 1.66. The van der Waals surface area contributed by atoms with Gasteiger partial charge in [0.25, 0.3) is 0 Å². The molecule has 0 aromatic carbocycles. The molecule has 1 fully saturated rings. The Hall–Kier alpha value is -2.50. The van der Waals surface area contributed by atoms with E-state index in [-0.39, 0.29) is 0 Å². The Bertz CT molecular complexity index is 986. The summed E-state index contributed by atoms with van der Waals surface area (Å²) in [6.07, 6.45) is 6.67. The van der Waals surface area contributed by atoms with E-state index in [0.717, 1.165) is 64.8 Å². The smallest absolute Gasteiger partial charge is 0.151 e. The lowest BCUT2D eigenvalue weighted by molar-refractivity contribution is 0.163. The number of aromatic nitrogens is 4. The van der Waals surface area contributed by atoms with Crippen LogP contribution in [0.15, 0.2) is 18.5 Å². The van der Waals surface area contributed by atoms with Crippen LogP contribution in [0.5, 0.6) is 0 Å². The van der Waals surface area contributed by atoms with Crippen molar-refractivity contribution < 1.29 is 0 Å². The first-order valence-corrected chi connectivity index (χ1v) is 10.6. The third-order valence-electron chi connectivity index (χ3n) is 5.42. The van der Waals surface area contributed by atoms with E-state index < -0.39 is 0 Å². The SMILES string of the molecule is CC[C@H]1C[C@@H](Nc2c(-c3nnc(C)s3)cnc3[nH]ccc23)CN(CCC#N)C1. The van der Waals surface area contributed by atoms with Crippen LogP contribution in [0.1, 0.15) is 31.2 Å². The van der Waals surface area contributed by atoms with E-state index in [0.29, 0.717) is 18.4 Å². The van der Waals surface area contributed by atoms with Gasteiger partial charge in [-0.15, -0.1) is 10.2 Å². The molecule has 2 atom stereocenters. The number of fused-ring (bicyclic) bond motifs is 1. The van der Waals surface area contributed by atoms with Gasteiger partial charge < -0.3 is 15.2 Å². The summed E-state index contributed by atoms with van der Waals surface area (Å²) < 4.78 is 0. The molecule has 4 rings (SSSR count). The number of nitriles is 1. The van der Waals surface area contributed by atoms with Gasteiger partial charge in [0.2, 0.25) is 0 Å². The molecule has 0 unspecified atom stereocenters. The maximum atomic E-state index is 8.97. The van der Waals surface area contributed by atoms with Crippen molar-refractivity contribution in [2.24, 2.45) is 5.92 Å². The third kappa shape index (κ3) is 3.86. The highest BCUT2D eigenvalue weighted by molar-refractivity contribution is 7.14. The van der Waals surface area contributed by atoms with Gasteiger partial charge in [0.1, 0.15) is 10.7 Å². The molecule has 4 heterocycles. The van der Waals surface area contributed by atoms with Crippen molar-refractivity contribution in [2.45, 2.75) is 39.2 Å². The summed E-state index contributed by atoms with van der Waals surface area (Å²) in [5, 5.41) is 24.2. The molecule has 3 aromatic heterocycles. The Morgan fingerprint density at radius 1 is 1.39 bits per heavy atom. The minimum absolute atomic E-state index is 0.325. The second-order valence-corrected chi connectivity index (χ2v) is 8.61. The van der Waals surface area contributed by atoms with Crippen LogP contribution in [0.25, 0.3) is 21.6 Å². The number of nitrogens with one attached hydrogen (secondary N) is 2. The average Bonchev–Trinajstić information content (AvgIpc) is 3.35. The number of aryl methyl sites for hydroxylation is 1. The van der Waals surface area contributed by atoms with Crippen molar-refractivity contribution in [1.29, 1.82) is 5.26 Å². The number of anilines is 1. The third-order valence-corrected chi connectivity index (χ3v) is 6.29. The van der Waals surface area contributed by atoms with E-state index in [1.807, 2.05) is 19.3 Å². The van der Waals surface area contributed by atoms with Gasteiger partial charge in [-0.2, -0.15) is 5.26 Å². The minimum atomic E-state index is 0.325. The number of nitrogens with zero attached hydrogens (tertiary/aromatic N) is 5. The highest BCUT2D eigenvalue weighted by atomic mass is 32.1. The largest absolute Gasteiger partial charge is 0.380 e. The molecular weight excluding hydrogens is 370 g/mol. The van der Waals surface area contributed by atoms with Crippen LogP contribution in [0, 0.1) is 24.2 Å². The van der Waals surface area contributed by atoms with Crippen LogP contribution in [0.3, 0.4) is 0 Å². The summed E-state index contributed by atoms with van der Waals surface area (Å²) in [5.41, 5.74) is 2.95. The van der Waals surface area contributed by atoms with Crippen LogP contribution in [-0.4, -0.2) is 50.7 Å². The topological polar surface area (TPSA) is 93.5 Å². The quantitative estimate of drug-likeness (QED) is 0.659. The molecule has 1 aliphatic rings. The first kappa shape index (κ1) is 18.8. The molecule has 28 heavy (non-hydrogen) atoms. The van der Waals surface area contributed by atoms with Gasteiger partial charge in [-0.05, 0) is 25.3 Å². The standard InChI is InChI=1S/C20H25N7S/c1-3-14-9-15(12-27(11-14)8-4-6-21)24-18-16-5-7-22-19(16)23-10-17(18)20-26-25-13(2)28-20/h5,7,10,14-15H,3-4,8-9,11-12H2,1-2H3,(H2,22,23,24)/t14-,15+/m0/s1. The van der Waals surface area contributed by atoms with E-state index in [1.165, 1.54) is 0 Å². The Morgan fingerprint density at radius 3 is 3.04 bits per heavy atom. The number of rotatable bonds is 6. The van der Waals surface area contributed by atoms with Gasteiger partial charge in [-0.1, -0.05) is 24.7 Å². The average molecular weight is 396 g/mol. The number of H-pyrrole nitrogens is 1. The van der Waals surface area contributed by atoms with Gasteiger partial charge in [0.15, 0.2) is 5.01 Å². The van der Waals surface area contributed by atoms with Crippen molar-refractivity contribution in [3.63, 3.8) is 0 Å². The maximum absolute atomic E-state index is 8.97. The number of hydrogen-bond acceptors (Lipinski definition) is 7. The molecule has 0 spiro atoms. The molecule has 3 aromatic rings. The highest BCUT2D eigenvalue weighted by Crippen LogP contribution is 2.36. The Kier molecular flexibility index (Phi) is 5.55. The molecule has 0 bridgehead atoms. The van der Waals surface area contributed by atoms with E-state index in [1.54, 1.807) is 11.3 Å². The van der Waals surface area contributed by atoms with Crippen LogP contribution in [0.2, 0.25) is 0 Å². The van der Waals surface area contributed by atoms with E-state index in [4.69, 9.17) is 5.26 Å². The molecule has 0 radical (unpaired) electrons. The van der Waals surface area contributed by atoms with E-state index in [2.05, 4.69) is 49.4 Å². The van der Waals surface area contributed by atoms with Crippen LogP contribution >= 0.6 is 11.3 Å². The molecule has 0 saturated carbocycles. The summed E-state index contributed by atoms with van der Waals surface area (Å²) in [6.45, 7) is 7.08. The minimum Gasteiger partial charge on any atom is -0.380 e. The molecule has 8 heteroatoms. The monoisotopic (exact) mass is 395 g/mol. The van der Waals surface area contributed by atoms with Crippen LogP contribution in [-0.2, 0) is 0 Å². The first-order chi connectivity index (χ1) is 13.7. The van der Waals surface area contributed by atoms with Crippen molar-refractivity contribution in [3.05, 3.63) is 23.5 Å². The molecule has 0 amide bonds. The van der Waals surface area contributed by atoms with Crippen LogP contribution in [0.4, 0.5) is 5.69 Å². The molecule has 0 aliphatic carbocycles. The summed E-state index contributed by atoms with van der Waals surface area (Å²) in [7, 11) is 0. The van der Waals surface area contributed by atoms with Gasteiger partial charge >= 0.3 is 0 Å². The van der Waals surface area contributed by atoms with Gasteiger partial charge in [0.05, 0.1) is 17.3 Å². The van der Waals surface area contributed by atoms with E-state index >= 15 is 0 Å². The first-order valence-electron chi connectivity index (χ1n) is 9.80. The van der Waals surface area contributed by atoms with Crippen molar-refractivity contribution in [3.8, 4) is 16.6 Å². The fourth-order valence-corrected chi connectivity index (χ4v) is 4.74. The lowest BCUT2D eigenvalue weighted by Crippen LogP contribution is -2.46. The maximum Gasteiger partial charge on any atom is 0.151 e. The number of aromatic amines is 1. The Labute approximate surface area is 168 Å². The molecule has 1 aliphatic heterocycles. The van der Waals surface area contributed by atoms with Gasteiger partial charge in [0, 0.05) is 49.9 Å². The van der Waals surface area contributed by atoms with Crippen molar-refractivity contribution in [1.82, 2.24) is 25.1 Å². The zero-order valence-corrected chi connectivity index (χ0v) is 17.1. The molecular formula is C20H25N7S. The van der Waals surface area contributed by atoms with E-state index in [9.17, 15) is 0 Å². The number of piperidine rings is 1. The lowest BCUT2D eigenvalue weighted by Gasteiger charge is -2.38. The van der Waals surface area contributed by atoms with Gasteiger partial charge in [-0.3, -0.25) is 0 Å². The van der Waals surface area contributed by atoms with Crippen LogP contribution < -0.4 is 5.32 Å². The number of hydrogen-bond donors (Lipinski definition) is 2. The Morgan fingerprint density at radius 2 is 2.29 bits per heavy atom. The zero-order valence-electron chi connectivity index (χ0n) is 16.3. The second-order valence-electron chi connectivity index (χ2n) is 7.43. The normalized spacial score (nSPS) is 20.3. The fraction of sp³-hybridized carbons (Fsp3) is 0.500. The summed E-state index contributed by atoms with van der Waals surface area (Å²) in [5.74, 6) is 0.640. The fourth-order valence-electron chi connectivity index (χ4n) is 4.03. The summed E-state index contributed by atoms with van der Waals surface area (Å²) >= 11 is 1.59. The summed E-state index contributed by atoms with van der Waals surface area (Å²) in [6, 6.07) is 4.67. The van der Waals surface area contributed by atoms with Gasteiger partial charge in [-0.25, -0.2) is 4.98 Å². The second kappa shape index (κ2) is 8.25. The number of likely N-dealkylation sites (tertiary alicyclic amines) is 1. The predicted octanol–water partition coefficient (Wildman–Crippen LogP) is 3.82.